The summed E-state index contributed by atoms with van der Waals surface area (Å²) < 4.78 is 0. The minimum atomic E-state index is 0.525. The molecule has 1 aromatic carbocycles. The molecule has 2 aromatic rings. The molecule has 0 saturated carbocycles. The van der Waals surface area contributed by atoms with Gasteiger partial charge in [0.2, 0.25) is 0 Å². The van der Waals surface area contributed by atoms with Gasteiger partial charge in [-0.2, -0.15) is 0 Å². The van der Waals surface area contributed by atoms with E-state index in [2.05, 4.69) is 61.4 Å². The van der Waals surface area contributed by atoms with Crippen molar-refractivity contribution >= 4 is 0 Å². The smallest absolute Gasteiger partial charge is 0.0346 e. The van der Waals surface area contributed by atoms with Crippen LogP contribution in [0.25, 0.3) is 11.1 Å². The van der Waals surface area contributed by atoms with Crippen LogP contribution in [0.5, 0.6) is 0 Å². The summed E-state index contributed by atoms with van der Waals surface area (Å²) in [7, 11) is 0. The lowest BCUT2D eigenvalue weighted by atomic mass is 10.0. The summed E-state index contributed by atoms with van der Waals surface area (Å²) in [6.07, 6.45) is 4.87. The van der Waals surface area contributed by atoms with Gasteiger partial charge in [-0.3, -0.25) is 4.98 Å². The molecule has 0 radical (unpaired) electrons. The fourth-order valence-corrected chi connectivity index (χ4v) is 2.32. The van der Waals surface area contributed by atoms with Gasteiger partial charge in [0.25, 0.3) is 0 Å². The summed E-state index contributed by atoms with van der Waals surface area (Å²) in [5.41, 5.74) is 4.99. The van der Waals surface area contributed by atoms with Crippen molar-refractivity contribution in [3.05, 3.63) is 53.9 Å². The van der Waals surface area contributed by atoms with Crippen LogP contribution in [0.1, 0.15) is 25.0 Å². The van der Waals surface area contributed by atoms with Crippen molar-refractivity contribution < 1.29 is 0 Å². The van der Waals surface area contributed by atoms with E-state index >= 15 is 0 Å². The quantitative estimate of drug-likeness (QED) is 0.882. The maximum atomic E-state index is 4.25. The first kappa shape index (κ1) is 13.8. The number of likely N-dealkylation sites (N-methyl/N-ethyl adjacent to an activating group) is 1. The highest BCUT2D eigenvalue weighted by Crippen LogP contribution is 2.20. The number of aryl methyl sites for hydroxylation is 1. The van der Waals surface area contributed by atoms with E-state index in [-0.39, 0.29) is 0 Å². The van der Waals surface area contributed by atoms with Crippen LogP contribution in [0.3, 0.4) is 0 Å². The molecule has 0 saturated heterocycles. The molecule has 19 heavy (non-hydrogen) atoms. The third-order valence-electron chi connectivity index (χ3n) is 3.26. The lowest BCUT2D eigenvalue weighted by Crippen LogP contribution is -2.27. The Labute approximate surface area is 115 Å². The maximum Gasteiger partial charge on any atom is 0.0346 e. The van der Waals surface area contributed by atoms with Crippen molar-refractivity contribution in [2.75, 3.05) is 6.54 Å². The van der Waals surface area contributed by atoms with E-state index in [1.54, 1.807) is 0 Å². The Bertz CT molecular complexity index is 517. The van der Waals surface area contributed by atoms with Crippen molar-refractivity contribution in [2.24, 2.45) is 0 Å². The normalized spacial score (nSPS) is 12.4. The van der Waals surface area contributed by atoms with Crippen LogP contribution in [-0.4, -0.2) is 17.6 Å². The zero-order valence-electron chi connectivity index (χ0n) is 12.0. The van der Waals surface area contributed by atoms with Gasteiger partial charge < -0.3 is 5.32 Å². The van der Waals surface area contributed by atoms with E-state index in [0.29, 0.717) is 6.04 Å². The molecule has 2 rings (SSSR count). The monoisotopic (exact) mass is 254 g/mol. The third-order valence-corrected chi connectivity index (χ3v) is 3.26. The van der Waals surface area contributed by atoms with Gasteiger partial charge in [0.15, 0.2) is 0 Å². The van der Waals surface area contributed by atoms with Crippen LogP contribution >= 0.6 is 0 Å². The van der Waals surface area contributed by atoms with Crippen molar-refractivity contribution in [3.8, 4) is 11.1 Å². The molecule has 2 nitrogen and oxygen atoms in total. The summed E-state index contributed by atoms with van der Waals surface area (Å²) in [5.74, 6) is 0. The molecule has 0 fully saturated rings. The minimum Gasteiger partial charge on any atom is -0.314 e. The number of nitrogens with one attached hydrogen (secondary N) is 1. The fourth-order valence-electron chi connectivity index (χ4n) is 2.32. The molecule has 0 aliphatic carbocycles. The zero-order valence-corrected chi connectivity index (χ0v) is 12.0. The van der Waals surface area contributed by atoms with E-state index in [1.807, 2.05) is 12.4 Å². The van der Waals surface area contributed by atoms with Crippen molar-refractivity contribution in [1.82, 2.24) is 10.3 Å². The Hall–Kier alpha value is -1.67. The highest BCUT2D eigenvalue weighted by atomic mass is 14.9. The van der Waals surface area contributed by atoms with Crippen molar-refractivity contribution in [3.63, 3.8) is 0 Å². The van der Waals surface area contributed by atoms with E-state index in [0.717, 1.165) is 13.0 Å². The van der Waals surface area contributed by atoms with Gasteiger partial charge in [-0.05, 0) is 49.6 Å². The number of hydrogen-bond donors (Lipinski definition) is 1. The first-order chi connectivity index (χ1) is 9.19. The molecular formula is C17H22N2. The largest absolute Gasteiger partial charge is 0.314 e. The molecule has 1 unspecified atom stereocenters. The molecule has 0 aliphatic heterocycles. The number of pyridine rings is 1. The topological polar surface area (TPSA) is 24.9 Å². The average molecular weight is 254 g/mol. The molecule has 1 N–H and O–H groups in total. The van der Waals surface area contributed by atoms with Crippen molar-refractivity contribution in [1.29, 1.82) is 0 Å². The number of aromatic nitrogens is 1. The predicted molar refractivity (Wildman–Crippen MR) is 81.3 cm³/mol. The second-order valence-corrected chi connectivity index (χ2v) is 5.11. The van der Waals surface area contributed by atoms with Gasteiger partial charge in [0.1, 0.15) is 0 Å². The molecule has 0 spiro atoms. The molecule has 2 heteroatoms. The lowest BCUT2D eigenvalue weighted by Gasteiger charge is -2.12. The van der Waals surface area contributed by atoms with Crippen molar-refractivity contribution in [2.45, 2.75) is 33.2 Å². The highest BCUT2D eigenvalue weighted by molar-refractivity contribution is 5.63. The summed E-state index contributed by atoms with van der Waals surface area (Å²) in [6.45, 7) is 7.46. The minimum absolute atomic E-state index is 0.525. The number of hydrogen-bond acceptors (Lipinski definition) is 2. The summed E-state index contributed by atoms with van der Waals surface area (Å²) in [4.78, 5) is 4.25. The van der Waals surface area contributed by atoms with Gasteiger partial charge in [0, 0.05) is 24.0 Å². The lowest BCUT2D eigenvalue weighted by molar-refractivity contribution is 0.565. The van der Waals surface area contributed by atoms with E-state index < -0.39 is 0 Å². The molecule has 1 aromatic heterocycles. The predicted octanol–water partition coefficient (Wildman–Crippen LogP) is 3.60. The van der Waals surface area contributed by atoms with Gasteiger partial charge in [-0.15, -0.1) is 0 Å². The van der Waals surface area contributed by atoms with Crippen LogP contribution < -0.4 is 5.32 Å². The Kier molecular flexibility index (Phi) is 4.69. The van der Waals surface area contributed by atoms with Crippen LogP contribution in [0.2, 0.25) is 0 Å². The second kappa shape index (κ2) is 6.48. The Balaban J connectivity index is 2.10. The Morgan fingerprint density at radius 2 is 1.84 bits per heavy atom. The van der Waals surface area contributed by atoms with Gasteiger partial charge in [0.05, 0.1) is 0 Å². The fraction of sp³-hybridized carbons (Fsp3) is 0.353. The van der Waals surface area contributed by atoms with Crippen LogP contribution in [0.15, 0.2) is 42.7 Å². The summed E-state index contributed by atoms with van der Waals surface area (Å²) >= 11 is 0. The summed E-state index contributed by atoms with van der Waals surface area (Å²) in [6, 6.07) is 11.5. The molecule has 0 amide bonds. The number of benzene rings is 1. The molecule has 0 bridgehead atoms. The van der Waals surface area contributed by atoms with Crippen LogP contribution in [-0.2, 0) is 6.42 Å². The van der Waals surface area contributed by atoms with Gasteiger partial charge in [-0.25, -0.2) is 0 Å². The van der Waals surface area contributed by atoms with Crippen LogP contribution in [0, 0.1) is 6.92 Å². The highest BCUT2D eigenvalue weighted by Gasteiger charge is 2.03. The van der Waals surface area contributed by atoms with Crippen LogP contribution in [0.4, 0.5) is 0 Å². The average Bonchev–Trinajstić information content (AvgIpc) is 2.40. The first-order valence-electron chi connectivity index (χ1n) is 6.93. The van der Waals surface area contributed by atoms with Gasteiger partial charge >= 0.3 is 0 Å². The zero-order chi connectivity index (χ0) is 13.7. The van der Waals surface area contributed by atoms with Gasteiger partial charge in [-0.1, -0.05) is 31.2 Å². The first-order valence-corrected chi connectivity index (χ1v) is 6.93. The third kappa shape index (κ3) is 3.90. The number of rotatable bonds is 5. The molecule has 0 aliphatic rings. The SMILES string of the molecule is CCNC(C)Cc1ccc(-c2cncc(C)c2)cc1. The van der Waals surface area contributed by atoms with E-state index in [9.17, 15) is 0 Å². The molecule has 1 atom stereocenters. The van der Waals surface area contributed by atoms with E-state index in [4.69, 9.17) is 0 Å². The second-order valence-electron chi connectivity index (χ2n) is 5.11. The number of nitrogens with zero attached hydrogens (tertiary/aromatic N) is 1. The molecule has 100 valence electrons. The Morgan fingerprint density at radius 3 is 2.47 bits per heavy atom. The maximum absolute atomic E-state index is 4.25. The Morgan fingerprint density at radius 1 is 1.11 bits per heavy atom. The molecular weight excluding hydrogens is 232 g/mol. The standard InChI is InChI=1S/C17H22N2/c1-4-19-14(3)10-15-5-7-16(8-6-15)17-9-13(2)11-18-12-17/h5-9,11-12,14,19H,4,10H2,1-3H3. The van der Waals surface area contributed by atoms with E-state index in [1.165, 1.54) is 22.3 Å². The summed E-state index contributed by atoms with van der Waals surface area (Å²) in [5, 5.41) is 3.44. The molecule has 1 heterocycles.